The van der Waals surface area contributed by atoms with E-state index in [2.05, 4.69) is 32.0 Å². The molecule has 0 saturated heterocycles. The van der Waals surface area contributed by atoms with Gasteiger partial charge in [-0.3, -0.25) is 0 Å². The van der Waals surface area contributed by atoms with Crippen LogP contribution in [0.3, 0.4) is 0 Å². The highest BCUT2D eigenvalue weighted by molar-refractivity contribution is 8.69. The first-order chi connectivity index (χ1) is 22.0. The lowest BCUT2D eigenvalue weighted by Crippen LogP contribution is -2.10. The van der Waals surface area contributed by atoms with Gasteiger partial charge < -0.3 is 33.9 Å². The van der Waals surface area contributed by atoms with Gasteiger partial charge in [-0.15, -0.1) is 6.12 Å². The van der Waals surface area contributed by atoms with Crippen LogP contribution in [0.25, 0.3) is 0 Å². The van der Waals surface area contributed by atoms with E-state index in [1.807, 2.05) is 0 Å². The molecule has 0 amide bonds. The van der Waals surface area contributed by atoms with Crippen molar-refractivity contribution in [1.29, 1.82) is 0 Å². The van der Waals surface area contributed by atoms with Crippen LogP contribution < -0.4 is 9.42 Å². The molecule has 0 radical (unpaired) electrons. The van der Waals surface area contributed by atoms with Crippen LogP contribution >= 0.6 is 6.12 Å². The molecule has 0 spiro atoms. The fourth-order valence-electron chi connectivity index (χ4n) is 6.55. The quantitative estimate of drug-likeness (QED) is 0.0412. The van der Waals surface area contributed by atoms with Gasteiger partial charge in [-0.2, -0.15) is 0 Å². The minimum absolute atomic E-state index is 0.673. The molecule has 1 rings (SSSR count). The van der Waals surface area contributed by atoms with E-state index in [0.717, 1.165) is 24.8 Å². The van der Waals surface area contributed by atoms with E-state index in [0.29, 0.717) is 5.75 Å². The van der Waals surface area contributed by atoms with E-state index in [4.69, 9.17) is 29.0 Å². The lowest BCUT2D eigenvalue weighted by atomic mass is 9.99. The van der Waals surface area contributed by atoms with E-state index >= 15 is 0 Å². The molecule has 45 heavy (non-hydrogen) atoms. The average molecular weight is 681 g/mol. The summed E-state index contributed by atoms with van der Waals surface area (Å²) in [7, 11) is 0. The summed E-state index contributed by atoms with van der Waals surface area (Å²) in [6.07, 6.45) is 39.8. The lowest BCUT2D eigenvalue weighted by molar-refractivity contribution is -0.169. The van der Waals surface area contributed by atoms with Crippen LogP contribution in [-0.4, -0.2) is 0 Å². The maximum absolute atomic E-state index is 12.2. The number of rotatable bonds is 34. The smallest absolute Gasteiger partial charge is 0.171 e. The fourth-order valence-corrected chi connectivity index (χ4v) is 7.45. The van der Waals surface area contributed by atoms with Crippen molar-refractivity contribution in [3.8, 4) is 5.75 Å². The first-order valence-corrected chi connectivity index (χ1v) is 23.4. The molecule has 0 saturated carbocycles. The van der Waals surface area contributed by atoms with Crippen molar-refractivity contribution < 1.29 is 9.42 Å². The maximum Gasteiger partial charge on any atom is 0.171 e. The third-order valence-electron chi connectivity index (χ3n) is 9.46. The summed E-state index contributed by atoms with van der Waals surface area (Å²) in [5.41, 5.74) is 2.36. The van der Waals surface area contributed by atoms with Crippen molar-refractivity contribution in [2.45, 2.75) is 219 Å². The topological polar surface area (TPSA) is 32.3 Å². The molecular weight excluding hydrogens is 608 g/mol. The third kappa shape index (κ3) is 28.8. The maximum atomic E-state index is 12.2. The zero-order valence-electron chi connectivity index (χ0n) is 29.9. The van der Waals surface area contributed by atoms with Crippen molar-refractivity contribution in [2.24, 2.45) is 0 Å². The van der Waals surface area contributed by atoms with Gasteiger partial charge in [-0.1, -0.05) is 206 Å². The van der Waals surface area contributed by atoms with Crippen LogP contribution in [0, 0.1) is 0 Å². The highest BCUT2D eigenvalue weighted by atomic mass is 33.1. The zero-order chi connectivity index (χ0) is 32.7. The second-order valence-corrected chi connectivity index (χ2v) is 18.5. The van der Waals surface area contributed by atoms with Crippen molar-refractivity contribution in [3.05, 3.63) is 29.3 Å². The van der Waals surface area contributed by atoms with Gasteiger partial charge in [0.05, 0.1) is 0 Å². The molecule has 0 aromatic heterocycles. The number of hydrogen-bond donors (Lipinski definition) is 0. The molecule has 1 aromatic carbocycles. The van der Waals surface area contributed by atoms with Gasteiger partial charge in [0.2, 0.25) is 0 Å². The lowest BCUT2D eigenvalue weighted by Gasteiger charge is -2.42. The Bertz CT molecular complexity index is 767. The zero-order valence-corrected chi connectivity index (χ0v) is 32.5. The van der Waals surface area contributed by atoms with Crippen LogP contribution in [0.2, 0.25) is 0 Å². The largest absolute Gasteiger partial charge is 0.682 e. The molecule has 0 unspecified atom stereocenters. The Labute approximate surface area is 293 Å². The average Bonchev–Trinajstić information content (AvgIpc) is 3.01. The predicted molar refractivity (Wildman–Crippen MR) is 206 cm³/mol. The molecule has 0 atom stereocenters. The molecule has 1 aromatic rings. The Hall–Kier alpha value is 0.110. The molecule has 0 aliphatic carbocycles. The molecular formula is C40H73O2PS2-2. The van der Waals surface area contributed by atoms with Crippen molar-refractivity contribution in [2.75, 3.05) is 0 Å². The van der Waals surface area contributed by atoms with Gasteiger partial charge in [0, 0.05) is 0 Å². The monoisotopic (exact) mass is 680 g/mol. The number of aryl methyl sites for hydroxylation is 2. The SMILES string of the molecule is CCCCCCCCCCCCCCCCCc1ccc(CCCCCCCCCCCCCCCCC)c(O[P+]([O-])([S-])[S-])c1. The molecule has 5 heteroatoms. The van der Waals surface area contributed by atoms with Gasteiger partial charge >= 0.3 is 0 Å². The standard InChI is InChI=1S/C40H75O2PS2/c1-3-5-7-9-11-13-15-17-19-21-23-25-27-29-31-33-38-35-36-39(40(37-38)42-43(41,44)45)34-32-30-28-26-24-22-20-18-16-14-12-10-8-6-4-2/h35-37H,3-34H2,1-2H3,(H2,41,44,45)/p-2. The summed E-state index contributed by atoms with van der Waals surface area (Å²) < 4.78 is 5.66. The minimum atomic E-state index is -3.41. The van der Waals surface area contributed by atoms with Crippen LogP contribution in [-0.2, 0) is 37.3 Å². The van der Waals surface area contributed by atoms with Gasteiger partial charge in [0.1, 0.15) is 0 Å². The van der Waals surface area contributed by atoms with Crippen LogP contribution in [0.4, 0.5) is 0 Å². The summed E-state index contributed by atoms with van der Waals surface area (Å²) in [6.45, 7) is 4.58. The van der Waals surface area contributed by atoms with E-state index in [-0.39, 0.29) is 0 Å². The fraction of sp³-hybridized carbons (Fsp3) is 0.850. The second-order valence-electron chi connectivity index (χ2n) is 13.9. The first-order valence-electron chi connectivity index (χ1n) is 19.8. The normalized spacial score (nSPS) is 11.8. The van der Waals surface area contributed by atoms with Crippen LogP contribution in [0.15, 0.2) is 18.2 Å². The minimum Gasteiger partial charge on any atom is -0.682 e. The Kier molecular flexibility index (Phi) is 30.1. The van der Waals surface area contributed by atoms with E-state index in [9.17, 15) is 4.89 Å². The summed E-state index contributed by atoms with van der Waals surface area (Å²) in [4.78, 5) is 12.2. The Morgan fingerprint density at radius 2 is 0.778 bits per heavy atom. The molecule has 0 bridgehead atoms. The molecule has 264 valence electrons. The molecule has 0 aliphatic heterocycles. The van der Waals surface area contributed by atoms with Gasteiger partial charge in [0.15, 0.2) is 5.75 Å². The number of benzene rings is 1. The van der Waals surface area contributed by atoms with E-state index < -0.39 is 6.12 Å². The Morgan fingerprint density at radius 3 is 1.11 bits per heavy atom. The molecule has 2 nitrogen and oxygen atoms in total. The number of unbranched alkanes of at least 4 members (excludes halogenated alkanes) is 28. The summed E-state index contributed by atoms with van der Waals surface area (Å²) in [5, 5.41) is 0. The van der Waals surface area contributed by atoms with Crippen LogP contribution in [0.5, 0.6) is 5.75 Å². The highest BCUT2D eigenvalue weighted by Crippen LogP contribution is 2.47. The second kappa shape index (κ2) is 31.4. The van der Waals surface area contributed by atoms with Crippen molar-refractivity contribution >= 4 is 30.6 Å². The summed E-state index contributed by atoms with van der Waals surface area (Å²) >= 11 is 9.95. The van der Waals surface area contributed by atoms with Crippen LogP contribution in [0.1, 0.15) is 218 Å². The van der Waals surface area contributed by atoms with Gasteiger partial charge in [-0.25, -0.2) is 0 Å². The summed E-state index contributed by atoms with van der Waals surface area (Å²) in [6, 6.07) is 6.46. The van der Waals surface area contributed by atoms with Crippen molar-refractivity contribution in [1.82, 2.24) is 0 Å². The molecule has 0 aliphatic rings. The Morgan fingerprint density at radius 1 is 0.467 bits per heavy atom. The Balaban J connectivity index is 2.13. The third-order valence-corrected chi connectivity index (χ3v) is 10.3. The van der Waals surface area contributed by atoms with E-state index in [1.165, 1.54) is 192 Å². The molecule has 0 fully saturated rings. The van der Waals surface area contributed by atoms with Crippen molar-refractivity contribution in [3.63, 3.8) is 0 Å². The van der Waals surface area contributed by atoms with E-state index in [1.54, 1.807) is 0 Å². The predicted octanol–water partition coefficient (Wildman–Crippen LogP) is 14.0. The first kappa shape index (κ1) is 43.1. The van der Waals surface area contributed by atoms with Gasteiger partial charge in [-0.05, 0) is 42.9 Å². The van der Waals surface area contributed by atoms with Gasteiger partial charge in [0.25, 0.3) is 0 Å². The number of hydrogen-bond acceptors (Lipinski definition) is 4. The molecule has 0 heterocycles. The summed E-state index contributed by atoms with van der Waals surface area (Å²) in [5.74, 6) is 0.673. The highest BCUT2D eigenvalue weighted by Gasteiger charge is 2.09. The molecule has 0 N–H and O–H groups in total.